The minimum absolute atomic E-state index is 0.0576. The molecule has 104 valence electrons. The normalized spacial score (nSPS) is 16.1. The van der Waals surface area contributed by atoms with Crippen molar-refractivity contribution < 1.29 is 14.6 Å². The number of aliphatic carboxylic acids is 1. The predicted molar refractivity (Wildman–Crippen MR) is 73.5 cm³/mol. The Morgan fingerprint density at radius 3 is 2.89 bits per heavy atom. The van der Waals surface area contributed by atoms with Crippen LogP contribution in [0.25, 0.3) is 0 Å². The summed E-state index contributed by atoms with van der Waals surface area (Å²) < 4.78 is 5.67. The van der Waals surface area contributed by atoms with Crippen LogP contribution in [0.4, 0.5) is 0 Å². The standard InChI is InChI=1S/C14H18ClNO3/c15-11-4-3-10(12(16)5-6-14(17)18)7-13(11)19-8-9-1-2-9/h3-4,7,9,12H,1-2,5-6,8,16H2,(H,17,18). The number of carbonyl (C=O) groups is 1. The first-order valence-corrected chi connectivity index (χ1v) is 6.83. The zero-order chi connectivity index (χ0) is 13.8. The second-order valence-electron chi connectivity index (χ2n) is 4.98. The molecule has 0 heterocycles. The maximum absolute atomic E-state index is 10.5. The second-order valence-corrected chi connectivity index (χ2v) is 5.39. The van der Waals surface area contributed by atoms with Gasteiger partial charge in [0.05, 0.1) is 11.6 Å². The Kier molecular flexibility index (Phi) is 4.66. The summed E-state index contributed by atoms with van der Waals surface area (Å²) in [6.07, 6.45) is 2.89. The highest BCUT2D eigenvalue weighted by atomic mass is 35.5. The third-order valence-corrected chi connectivity index (χ3v) is 3.54. The van der Waals surface area contributed by atoms with Gasteiger partial charge in [0, 0.05) is 12.5 Å². The molecule has 19 heavy (non-hydrogen) atoms. The molecular formula is C14H18ClNO3. The van der Waals surface area contributed by atoms with Crippen LogP contribution >= 0.6 is 11.6 Å². The molecular weight excluding hydrogens is 266 g/mol. The number of hydrogen-bond acceptors (Lipinski definition) is 3. The first-order chi connectivity index (χ1) is 9.06. The first kappa shape index (κ1) is 14.2. The largest absolute Gasteiger partial charge is 0.492 e. The fourth-order valence-corrected chi connectivity index (χ4v) is 1.97. The zero-order valence-corrected chi connectivity index (χ0v) is 11.4. The van der Waals surface area contributed by atoms with Gasteiger partial charge in [-0.15, -0.1) is 0 Å². The monoisotopic (exact) mass is 283 g/mol. The van der Waals surface area contributed by atoms with Gasteiger partial charge in [0.25, 0.3) is 0 Å². The van der Waals surface area contributed by atoms with E-state index in [1.165, 1.54) is 12.8 Å². The number of rotatable bonds is 7. The van der Waals surface area contributed by atoms with Gasteiger partial charge >= 0.3 is 5.97 Å². The van der Waals surface area contributed by atoms with Crippen molar-refractivity contribution in [3.05, 3.63) is 28.8 Å². The molecule has 1 aliphatic rings. The number of halogens is 1. The Hall–Kier alpha value is -1.26. The van der Waals surface area contributed by atoms with Crippen LogP contribution in [0.15, 0.2) is 18.2 Å². The fourth-order valence-electron chi connectivity index (χ4n) is 1.80. The van der Waals surface area contributed by atoms with Crippen LogP contribution in [0.2, 0.25) is 5.02 Å². The molecule has 1 fully saturated rings. The lowest BCUT2D eigenvalue weighted by atomic mass is 10.0. The highest BCUT2D eigenvalue weighted by molar-refractivity contribution is 6.32. The van der Waals surface area contributed by atoms with Crippen molar-refractivity contribution >= 4 is 17.6 Å². The summed E-state index contributed by atoms with van der Waals surface area (Å²) in [5.74, 6) is 0.451. The van der Waals surface area contributed by atoms with Crippen LogP contribution in [0.3, 0.4) is 0 Å². The molecule has 2 rings (SSSR count). The fraction of sp³-hybridized carbons (Fsp3) is 0.500. The topological polar surface area (TPSA) is 72.6 Å². The summed E-state index contributed by atoms with van der Waals surface area (Å²) in [6.45, 7) is 0.688. The molecule has 1 aliphatic carbocycles. The average molecular weight is 284 g/mol. The van der Waals surface area contributed by atoms with E-state index in [4.69, 9.17) is 27.2 Å². The molecule has 0 aliphatic heterocycles. The Labute approximate surface area is 117 Å². The minimum Gasteiger partial charge on any atom is -0.492 e. The highest BCUT2D eigenvalue weighted by Crippen LogP contribution is 2.33. The van der Waals surface area contributed by atoms with Crippen molar-refractivity contribution in [2.45, 2.75) is 31.7 Å². The van der Waals surface area contributed by atoms with E-state index < -0.39 is 5.97 Å². The molecule has 3 N–H and O–H groups in total. The molecule has 5 heteroatoms. The SMILES string of the molecule is NC(CCC(=O)O)c1ccc(Cl)c(OCC2CC2)c1. The summed E-state index contributed by atoms with van der Waals surface area (Å²) in [7, 11) is 0. The highest BCUT2D eigenvalue weighted by Gasteiger charge is 2.22. The van der Waals surface area contributed by atoms with E-state index in [-0.39, 0.29) is 12.5 Å². The Morgan fingerprint density at radius 2 is 2.26 bits per heavy atom. The van der Waals surface area contributed by atoms with Crippen LogP contribution in [0.1, 0.15) is 37.3 Å². The predicted octanol–water partition coefficient (Wildman–Crippen LogP) is 2.99. The summed E-state index contributed by atoms with van der Waals surface area (Å²) in [5.41, 5.74) is 6.83. The molecule has 0 spiro atoms. The summed E-state index contributed by atoms with van der Waals surface area (Å²) >= 11 is 6.07. The van der Waals surface area contributed by atoms with E-state index in [1.54, 1.807) is 6.07 Å². The minimum atomic E-state index is -0.838. The summed E-state index contributed by atoms with van der Waals surface area (Å²) in [5, 5.41) is 9.22. The molecule has 1 saturated carbocycles. The van der Waals surface area contributed by atoms with E-state index in [0.717, 1.165) is 5.56 Å². The van der Waals surface area contributed by atoms with Crippen LogP contribution in [0, 0.1) is 5.92 Å². The van der Waals surface area contributed by atoms with Crippen molar-refractivity contribution in [1.82, 2.24) is 0 Å². The van der Waals surface area contributed by atoms with Crippen molar-refractivity contribution in [2.75, 3.05) is 6.61 Å². The van der Waals surface area contributed by atoms with Gasteiger partial charge in [-0.25, -0.2) is 0 Å². The van der Waals surface area contributed by atoms with Crippen molar-refractivity contribution in [1.29, 1.82) is 0 Å². The number of nitrogens with two attached hydrogens (primary N) is 1. The van der Waals surface area contributed by atoms with Crippen LogP contribution < -0.4 is 10.5 Å². The number of hydrogen-bond donors (Lipinski definition) is 2. The van der Waals surface area contributed by atoms with Gasteiger partial charge in [0.2, 0.25) is 0 Å². The third-order valence-electron chi connectivity index (χ3n) is 3.22. The van der Waals surface area contributed by atoms with E-state index in [9.17, 15) is 4.79 Å². The average Bonchev–Trinajstić information content (AvgIpc) is 3.19. The number of carboxylic acids is 1. The third kappa shape index (κ3) is 4.40. The molecule has 1 atom stereocenters. The van der Waals surface area contributed by atoms with Gasteiger partial charge in [-0.3, -0.25) is 4.79 Å². The molecule has 0 bridgehead atoms. The lowest BCUT2D eigenvalue weighted by Gasteiger charge is -2.14. The molecule has 0 amide bonds. The van der Waals surface area contributed by atoms with Gasteiger partial charge < -0.3 is 15.6 Å². The van der Waals surface area contributed by atoms with Crippen molar-refractivity contribution in [3.63, 3.8) is 0 Å². The lowest BCUT2D eigenvalue weighted by molar-refractivity contribution is -0.137. The van der Waals surface area contributed by atoms with Gasteiger partial charge in [-0.1, -0.05) is 17.7 Å². The Morgan fingerprint density at radius 1 is 1.53 bits per heavy atom. The zero-order valence-electron chi connectivity index (χ0n) is 10.6. The summed E-state index contributed by atoms with van der Waals surface area (Å²) in [6, 6.07) is 5.08. The van der Waals surface area contributed by atoms with E-state index in [2.05, 4.69) is 0 Å². The van der Waals surface area contributed by atoms with Crippen LogP contribution in [-0.4, -0.2) is 17.7 Å². The number of benzene rings is 1. The van der Waals surface area contributed by atoms with Crippen molar-refractivity contribution in [2.24, 2.45) is 11.7 Å². The maximum atomic E-state index is 10.5. The maximum Gasteiger partial charge on any atom is 0.303 e. The molecule has 4 nitrogen and oxygen atoms in total. The van der Waals surface area contributed by atoms with Crippen LogP contribution in [-0.2, 0) is 4.79 Å². The van der Waals surface area contributed by atoms with Gasteiger partial charge in [-0.2, -0.15) is 0 Å². The van der Waals surface area contributed by atoms with Gasteiger partial charge in [0.1, 0.15) is 5.75 Å². The van der Waals surface area contributed by atoms with E-state index in [0.29, 0.717) is 29.7 Å². The quantitative estimate of drug-likeness (QED) is 0.807. The van der Waals surface area contributed by atoms with Crippen molar-refractivity contribution in [3.8, 4) is 5.75 Å². The number of ether oxygens (including phenoxy) is 1. The van der Waals surface area contributed by atoms with E-state index in [1.807, 2.05) is 12.1 Å². The molecule has 0 saturated heterocycles. The first-order valence-electron chi connectivity index (χ1n) is 6.46. The molecule has 0 radical (unpaired) electrons. The van der Waals surface area contributed by atoms with Gasteiger partial charge in [0.15, 0.2) is 0 Å². The smallest absolute Gasteiger partial charge is 0.303 e. The second kappa shape index (κ2) is 6.26. The molecule has 0 aromatic heterocycles. The summed E-state index contributed by atoms with van der Waals surface area (Å²) in [4.78, 5) is 10.5. The lowest BCUT2D eigenvalue weighted by Crippen LogP contribution is -2.12. The van der Waals surface area contributed by atoms with Gasteiger partial charge in [-0.05, 0) is 42.9 Å². The number of carboxylic acid groups (broad SMARTS) is 1. The molecule has 1 aromatic rings. The molecule has 1 aromatic carbocycles. The Balaban J connectivity index is 1.99. The van der Waals surface area contributed by atoms with Crippen LogP contribution in [0.5, 0.6) is 5.75 Å². The Bertz CT molecular complexity index is 460. The molecule has 1 unspecified atom stereocenters. The van der Waals surface area contributed by atoms with E-state index >= 15 is 0 Å².